The van der Waals surface area contributed by atoms with Crippen LogP contribution in [0.2, 0.25) is 0 Å². The lowest BCUT2D eigenvalue weighted by Gasteiger charge is -2.02. The van der Waals surface area contributed by atoms with E-state index in [9.17, 15) is 14.7 Å². The highest BCUT2D eigenvalue weighted by molar-refractivity contribution is 5.76. The zero-order chi connectivity index (χ0) is 10.2. The van der Waals surface area contributed by atoms with Crippen LogP contribution >= 0.6 is 0 Å². The first kappa shape index (κ1) is 10.2. The van der Waals surface area contributed by atoms with Crippen molar-refractivity contribution in [3.8, 4) is 0 Å². The minimum atomic E-state index is -1.01. The molecule has 0 aromatic rings. The Labute approximate surface area is 78.1 Å². The summed E-state index contributed by atoms with van der Waals surface area (Å²) in [5.41, 5.74) is 0.00569. The van der Waals surface area contributed by atoms with Crippen molar-refractivity contribution in [2.24, 2.45) is 17.3 Å². The van der Waals surface area contributed by atoms with E-state index in [2.05, 4.69) is 0 Å². The summed E-state index contributed by atoms with van der Waals surface area (Å²) in [6.07, 6.45) is 0.593. The monoisotopic (exact) mass is 183 g/mol. The molecule has 1 aliphatic carbocycles. The molecule has 0 spiro atoms. The lowest BCUT2D eigenvalue weighted by Crippen LogP contribution is -2.23. The Bertz CT molecular complexity index is 219. The van der Waals surface area contributed by atoms with Crippen molar-refractivity contribution in [2.45, 2.75) is 33.6 Å². The van der Waals surface area contributed by atoms with Crippen molar-refractivity contribution in [3.63, 3.8) is 0 Å². The fourth-order valence-corrected chi connectivity index (χ4v) is 2.16. The maximum atomic E-state index is 10.9. The van der Waals surface area contributed by atoms with E-state index in [4.69, 9.17) is 0 Å². The molecule has 0 amide bonds. The number of aliphatic carboxylic acids is 1. The molecule has 74 valence electrons. The van der Waals surface area contributed by atoms with Crippen molar-refractivity contribution < 1.29 is 14.7 Å². The van der Waals surface area contributed by atoms with Crippen molar-refractivity contribution in [3.05, 3.63) is 0 Å². The molecular formula is C10H15O3-. The first-order chi connectivity index (χ1) is 5.85. The number of hydrogen-bond donors (Lipinski definition) is 0. The quantitative estimate of drug-likeness (QED) is 0.633. The lowest BCUT2D eigenvalue weighted by molar-refractivity contribution is -0.306. The largest absolute Gasteiger partial charge is 0.550 e. The Kier molecular flexibility index (Phi) is 2.46. The standard InChI is InChI=1S/C10H16O3/c1-6(11)4-7-8(5-9(12)13)10(7,2)3/h7-8H,4-5H2,1-3H3,(H,12,13)/p-1. The van der Waals surface area contributed by atoms with Crippen molar-refractivity contribution in [1.82, 2.24) is 0 Å². The van der Waals surface area contributed by atoms with Gasteiger partial charge in [0.2, 0.25) is 0 Å². The number of hydrogen-bond acceptors (Lipinski definition) is 3. The van der Waals surface area contributed by atoms with E-state index >= 15 is 0 Å². The smallest absolute Gasteiger partial charge is 0.130 e. The first-order valence-corrected chi connectivity index (χ1v) is 4.55. The van der Waals surface area contributed by atoms with Crippen LogP contribution in [0, 0.1) is 17.3 Å². The van der Waals surface area contributed by atoms with Crippen LogP contribution in [0.4, 0.5) is 0 Å². The summed E-state index contributed by atoms with van der Waals surface area (Å²) >= 11 is 0. The molecule has 2 unspecified atom stereocenters. The van der Waals surface area contributed by atoms with Crippen LogP contribution in [0.15, 0.2) is 0 Å². The van der Waals surface area contributed by atoms with Crippen molar-refractivity contribution in [2.75, 3.05) is 0 Å². The van der Waals surface area contributed by atoms with Gasteiger partial charge in [-0.15, -0.1) is 0 Å². The van der Waals surface area contributed by atoms with Gasteiger partial charge in [-0.1, -0.05) is 13.8 Å². The third kappa shape index (κ3) is 2.08. The Morgan fingerprint density at radius 1 is 1.23 bits per heavy atom. The normalized spacial score (nSPS) is 29.8. The highest BCUT2D eigenvalue weighted by Crippen LogP contribution is 2.61. The summed E-state index contributed by atoms with van der Waals surface area (Å²) in [6.45, 7) is 5.56. The minimum Gasteiger partial charge on any atom is -0.550 e. The van der Waals surface area contributed by atoms with Crippen LogP contribution in [0.1, 0.15) is 33.6 Å². The number of ketones is 1. The molecule has 1 aliphatic rings. The number of Topliss-reactive ketones (excluding diaryl/α,β-unsaturated/α-hetero) is 1. The average Bonchev–Trinajstić information content (AvgIpc) is 2.36. The summed E-state index contributed by atoms with van der Waals surface area (Å²) in [5.74, 6) is -0.507. The molecule has 1 saturated carbocycles. The maximum absolute atomic E-state index is 10.9. The second-order valence-corrected chi connectivity index (χ2v) is 4.52. The number of carboxylic acid groups (broad SMARTS) is 1. The fraction of sp³-hybridized carbons (Fsp3) is 0.800. The van der Waals surface area contributed by atoms with E-state index in [0.29, 0.717) is 6.42 Å². The van der Waals surface area contributed by atoms with Crippen LogP contribution < -0.4 is 5.11 Å². The van der Waals surface area contributed by atoms with Gasteiger partial charge in [-0.25, -0.2) is 0 Å². The van der Waals surface area contributed by atoms with Crippen LogP contribution in [-0.2, 0) is 9.59 Å². The van der Waals surface area contributed by atoms with E-state index in [1.165, 1.54) is 0 Å². The molecule has 0 N–H and O–H groups in total. The Hall–Kier alpha value is -0.860. The number of carboxylic acids is 1. The molecule has 1 fully saturated rings. The van der Waals surface area contributed by atoms with Crippen molar-refractivity contribution in [1.29, 1.82) is 0 Å². The number of carbonyl (C=O) groups is 2. The summed E-state index contributed by atoms with van der Waals surface area (Å²) in [6, 6.07) is 0. The van der Waals surface area contributed by atoms with Gasteiger partial charge in [0.1, 0.15) is 5.78 Å². The molecule has 2 atom stereocenters. The van der Waals surface area contributed by atoms with Gasteiger partial charge < -0.3 is 14.7 Å². The summed E-state index contributed by atoms with van der Waals surface area (Å²) in [4.78, 5) is 21.2. The van der Waals surface area contributed by atoms with Gasteiger partial charge in [-0.05, 0) is 30.6 Å². The summed E-state index contributed by atoms with van der Waals surface area (Å²) in [7, 11) is 0. The Balaban J connectivity index is 2.50. The predicted molar refractivity (Wildman–Crippen MR) is 45.7 cm³/mol. The molecule has 0 radical (unpaired) electrons. The molecule has 0 aromatic heterocycles. The molecule has 1 rings (SSSR count). The summed E-state index contributed by atoms with van der Waals surface area (Å²) < 4.78 is 0. The predicted octanol–water partition coefficient (Wildman–Crippen LogP) is 0.378. The van der Waals surface area contributed by atoms with Gasteiger partial charge in [0.15, 0.2) is 0 Å². The average molecular weight is 183 g/mol. The second-order valence-electron chi connectivity index (χ2n) is 4.52. The third-order valence-corrected chi connectivity index (χ3v) is 3.18. The molecule has 0 saturated heterocycles. The highest BCUT2D eigenvalue weighted by atomic mass is 16.4. The maximum Gasteiger partial charge on any atom is 0.130 e. The number of carbonyl (C=O) groups excluding carboxylic acids is 2. The molecular weight excluding hydrogens is 168 g/mol. The third-order valence-electron chi connectivity index (χ3n) is 3.18. The molecule has 0 bridgehead atoms. The zero-order valence-corrected chi connectivity index (χ0v) is 8.29. The van der Waals surface area contributed by atoms with Gasteiger partial charge in [0.25, 0.3) is 0 Å². The van der Waals surface area contributed by atoms with E-state index in [1.54, 1.807) is 6.92 Å². The Morgan fingerprint density at radius 3 is 2.08 bits per heavy atom. The van der Waals surface area contributed by atoms with Gasteiger partial charge >= 0.3 is 0 Å². The molecule has 0 aromatic carbocycles. The van der Waals surface area contributed by atoms with Crippen LogP contribution in [0.5, 0.6) is 0 Å². The fourth-order valence-electron chi connectivity index (χ4n) is 2.16. The molecule has 13 heavy (non-hydrogen) atoms. The highest BCUT2D eigenvalue weighted by Gasteiger charge is 2.56. The number of rotatable bonds is 4. The van der Waals surface area contributed by atoms with E-state index in [-0.39, 0.29) is 29.5 Å². The topological polar surface area (TPSA) is 57.2 Å². The molecule has 3 heteroatoms. The van der Waals surface area contributed by atoms with E-state index in [1.807, 2.05) is 13.8 Å². The molecule has 3 nitrogen and oxygen atoms in total. The van der Waals surface area contributed by atoms with Gasteiger partial charge in [-0.2, -0.15) is 0 Å². The second kappa shape index (κ2) is 3.13. The van der Waals surface area contributed by atoms with Crippen molar-refractivity contribution >= 4 is 11.8 Å². The van der Waals surface area contributed by atoms with Gasteiger partial charge in [0.05, 0.1) is 0 Å². The van der Waals surface area contributed by atoms with Crippen LogP contribution in [-0.4, -0.2) is 11.8 Å². The SMILES string of the molecule is CC(=O)CC1C(CC(=O)[O-])C1(C)C. The molecule has 0 heterocycles. The van der Waals surface area contributed by atoms with Gasteiger partial charge in [0, 0.05) is 12.4 Å². The first-order valence-electron chi connectivity index (χ1n) is 4.55. The summed E-state index contributed by atoms with van der Waals surface area (Å²) in [5, 5.41) is 10.4. The lowest BCUT2D eigenvalue weighted by atomic mass is 10.1. The van der Waals surface area contributed by atoms with Crippen LogP contribution in [0.3, 0.4) is 0 Å². The van der Waals surface area contributed by atoms with Crippen LogP contribution in [0.25, 0.3) is 0 Å². The zero-order valence-electron chi connectivity index (χ0n) is 8.29. The molecule has 0 aliphatic heterocycles. The van der Waals surface area contributed by atoms with E-state index < -0.39 is 5.97 Å². The van der Waals surface area contributed by atoms with Gasteiger partial charge in [-0.3, -0.25) is 0 Å². The van der Waals surface area contributed by atoms with E-state index in [0.717, 1.165) is 0 Å². The Morgan fingerprint density at radius 2 is 1.69 bits per heavy atom. The minimum absolute atomic E-state index is 0.00569.